The molecule has 0 amide bonds. The second-order valence-electron chi connectivity index (χ2n) is 4.98. The largest absolute Gasteiger partial charge is 0.492 e. The van der Waals surface area contributed by atoms with E-state index in [0.29, 0.717) is 28.9 Å². The van der Waals surface area contributed by atoms with Crippen LogP contribution in [-0.4, -0.2) is 6.61 Å². The van der Waals surface area contributed by atoms with E-state index in [0.717, 1.165) is 11.3 Å². The van der Waals surface area contributed by atoms with Crippen LogP contribution in [0.2, 0.25) is 10.0 Å². The first kappa shape index (κ1) is 16.0. The number of rotatable bonds is 5. The maximum Gasteiger partial charge on any atom is 0.142 e. The summed E-state index contributed by atoms with van der Waals surface area (Å²) in [5, 5.41) is 4.57. The molecule has 0 aliphatic rings. The lowest BCUT2D eigenvalue weighted by atomic mass is 10.1. The lowest BCUT2D eigenvalue weighted by Crippen LogP contribution is -2.05. The van der Waals surface area contributed by atoms with Crippen LogP contribution in [0.25, 0.3) is 0 Å². The number of hydrogen-bond acceptors (Lipinski definition) is 2. The van der Waals surface area contributed by atoms with Crippen LogP contribution in [0.15, 0.2) is 30.3 Å². The van der Waals surface area contributed by atoms with Crippen LogP contribution in [0, 0.1) is 13.8 Å². The van der Waals surface area contributed by atoms with E-state index < -0.39 is 0 Å². The Bertz CT molecular complexity index is 641. The third kappa shape index (κ3) is 4.05. The first-order chi connectivity index (χ1) is 10.0. The second-order valence-corrected chi connectivity index (χ2v) is 5.82. The molecule has 0 heterocycles. The topological polar surface area (TPSA) is 21.3 Å². The van der Waals surface area contributed by atoms with Gasteiger partial charge >= 0.3 is 0 Å². The standard InChI is InChI=1S/C17H19Cl2NO/c1-4-21-17-13(8-14(18)9-15(17)19)10-20-16-6-5-11(2)7-12(16)3/h5-9,20H,4,10H2,1-3H3. The fraction of sp³-hybridized carbons (Fsp3) is 0.294. The van der Waals surface area contributed by atoms with Crippen LogP contribution >= 0.6 is 23.2 Å². The number of ether oxygens (including phenoxy) is 1. The van der Waals surface area contributed by atoms with Crippen molar-refractivity contribution in [1.29, 1.82) is 0 Å². The van der Waals surface area contributed by atoms with Crippen LogP contribution in [-0.2, 0) is 6.54 Å². The zero-order valence-electron chi connectivity index (χ0n) is 12.5. The quantitative estimate of drug-likeness (QED) is 0.770. The van der Waals surface area contributed by atoms with Gasteiger partial charge in [0.15, 0.2) is 0 Å². The van der Waals surface area contributed by atoms with E-state index >= 15 is 0 Å². The van der Waals surface area contributed by atoms with Gasteiger partial charge in [-0.2, -0.15) is 0 Å². The fourth-order valence-electron chi connectivity index (χ4n) is 2.25. The highest BCUT2D eigenvalue weighted by Gasteiger charge is 2.11. The zero-order chi connectivity index (χ0) is 15.4. The maximum atomic E-state index is 6.21. The molecular formula is C17H19Cl2NO. The van der Waals surface area contributed by atoms with Crippen molar-refractivity contribution in [3.63, 3.8) is 0 Å². The molecule has 0 unspecified atom stereocenters. The van der Waals surface area contributed by atoms with Crippen LogP contribution in [0.4, 0.5) is 5.69 Å². The molecule has 0 aliphatic heterocycles. The van der Waals surface area contributed by atoms with E-state index in [9.17, 15) is 0 Å². The van der Waals surface area contributed by atoms with Crippen molar-refractivity contribution in [1.82, 2.24) is 0 Å². The number of halogens is 2. The lowest BCUT2D eigenvalue weighted by Gasteiger charge is -2.15. The number of anilines is 1. The molecule has 0 aliphatic carbocycles. The average Bonchev–Trinajstić information content (AvgIpc) is 2.41. The SMILES string of the molecule is CCOc1c(Cl)cc(Cl)cc1CNc1ccc(C)cc1C. The number of nitrogens with one attached hydrogen (secondary N) is 1. The summed E-state index contributed by atoms with van der Waals surface area (Å²) in [7, 11) is 0. The predicted molar refractivity (Wildman–Crippen MR) is 90.9 cm³/mol. The summed E-state index contributed by atoms with van der Waals surface area (Å²) < 4.78 is 5.63. The van der Waals surface area contributed by atoms with E-state index in [1.165, 1.54) is 11.1 Å². The van der Waals surface area contributed by atoms with Gasteiger partial charge in [0.2, 0.25) is 0 Å². The predicted octanol–water partition coefficient (Wildman–Crippen LogP) is 5.62. The van der Waals surface area contributed by atoms with Gasteiger partial charge in [-0.1, -0.05) is 40.9 Å². The Balaban J connectivity index is 2.22. The molecule has 112 valence electrons. The molecule has 0 fully saturated rings. The molecule has 21 heavy (non-hydrogen) atoms. The molecule has 2 aromatic carbocycles. The molecule has 1 N–H and O–H groups in total. The molecule has 0 saturated heterocycles. The molecule has 2 rings (SSSR count). The first-order valence-corrected chi connectivity index (χ1v) is 7.68. The van der Waals surface area contributed by atoms with Crippen molar-refractivity contribution in [2.75, 3.05) is 11.9 Å². The Kier molecular flexibility index (Phi) is 5.38. The number of aryl methyl sites for hydroxylation is 2. The van der Waals surface area contributed by atoms with Crippen LogP contribution in [0.1, 0.15) is 23.6 Å². The van der Waals surface area contributed by atoms with Gasteiger partial charge in [-0.15, -0.1) is 0 Å². The minimum absolute atomic E-state index is 0.543. The van der Waals surface area contributed by atoms with Gasteiger partial charge in [0.05, 0.1) is 11.6 Å². The number of hydrogen-bond donors (Lipinski definition) is 1. The van der Waals surface area contributed by atoms with Gasteiger partial charge in [0, 0.05) is 22.8 Å². The molecule has 2 aromatic rings. The van der Waals surface area contributed by atoms with Crippen LogP contribution in [0.3, 0.4) is 0 Å². The summed E-state index contributed by atoms with van der Waals surface area (Å²) in [5.41, 5.74) is 4.51. The van der Waals surface area contributed by atoms with E-state index in [-0.39, 0.29) is 0 Å². The Morgan fingerprint density at radius 1 is 1.10 bits per heavy atom. The van der Waals surface area contributed by atoms with Crippen molar-refractivity contribution in [3.8, 4) is 5.75 Å². The molecular weight excluding hydrogens is 305 g/mol. The smallest absolute Gasteiger partial charge is 0.142 e. The van der Waals surface area contributed by atoms with Gasteiger partial charge in [-0.3, -0.25) is 0 Å². The van der Waals surface area contributed by atoms with Crippen molar-refractivity contribution in [2.45, 2.75) is 27.3 Å². The van der Waals surface area contributed by atoms with Crippen molar-refractivity contribution in [3.05, 3.63) is 57.1 Å². The monoisotopic (exact) mass is 323 g/mol. The molecule has 0 bridgehead atoms. The average molecular weight is 324 g/mol. The summed E-state index contributed by atoms with van der Waals surface area (Å²) in [5.74, 6) is 0.695. The minimum atomic E-state index is 0.543. The summed E-state index contributed by atoms with van der Waals surface area (Å²) in [6.07, 6.45) is 0. The van der Waals surface area contributed by atoms with Gasteiger partial charge < -0.3 is 10.1 Å². The van der Waals surface area contributed by atoms with Crippen molar-refractivity contribution in [2.24, 2.45) is 0 Å². The highest BCUT2D eigenvalue weighted by molar-refractivity contribution is 6.35. The molecule has 0 aromatic heterocycles. The molecule has 2 nitrogen and oxygen atoms in total. The lowest BCUT2D eigenvalue weighted by molar-refractivity contribution is 0.337. The van der Waals surface area contributed by atoms with E-state index in [1.54, 1.807) is 6.07 Å². The summed E-state index contributed by atoms with van der Waals surface area (Å²) in [6.45, 7) is 7.29. The Morgan fingerprint density at radius 3 is 2.52 bits per heavy atom. The molecule has 0 spiro atoms. The van der Waals surface area contributed by atoms with Gasteiger partial charge in [-0.05, 0) is 44.5 Å². The molecule has 0 radical (unpaired) electrons. The third-order valence-corrected chi connectivity index (χ3v) is 3.72. The third-order valence-electron chi connectivity index (χ3n) is 3.23. The van der Waals surface area contributed by atoms with E-state index in [1.807, 2.05) is 13.0 Å². The second kappa shape index (κ2) is 7.06. The van der Waals surface area contributed by atoms with Crippen molar-refractivity contribution < 1.29 is 4.74 Å². The molecule has 0 saturated carbocycles. The Hall–Kier alpha value is -1.38. The van der Waals surface area contributed by atoms with Crippen LogP contribution in [0.5, 0.6) is 5.75 Å². The summed E-state index contributed by atoms with van der Waals surface area (Å²) in [4.78, 5) is 0. The molecule has 4 heteroatoms. The fourth-order valence-corrected chi connectivity index (χ4v) is 2.84. The first-order valence-electron chi connectivity index (χ1n) is 6.93. The molecule has 0 atom stereocenters. The Morgan fingerprint density at radius 2 is 1.86 bits per heavy atom. The van der Waals surface area contributed by atoms with Crippen molar-refractivity contribution >= 4 is 28.9 Å². The Labute approximate surface area is 136 Å². The highest BCUT2D eigenvalue weighted by Crippen LogP contribution is 2.33. The normalized spacial score (nSPS) is 10.5. The van der Waals surface area contributed by atoms with E-state index in [4.69, 9.17) is 27.9 Å². The summed E-state index contributed by atoms with van der Waals surface area (Å²) >= 11 is 12.3. The summed E-state index contributed by atoms with van der Waals surface area (Å²) in [6, 6.07) is 9.90. The van der Waals surface area contributed by atoms with Gasteiger partial charge in [0.1, 0.15) is 5.75 Å². The number of benzene rings is 2. The zero-order valence-corrected chi connectivity index (χ0v) is 14.0. The minimum Gasteiger partial charge on any atom is -0.492 e. The maximum absolute atomic E-state index is 6.21. The van der Waals surface area contributed by atoms with Gasteiger partial charge in [-0.25, -0.2) is 0 Å². The van der Waals surface area contributed by atoms with Crippen LogP contribution < -0.4 is 10.1 Å². The highest BCUT2D eigenvalue weighted by atomic mass is 35.5. The van der Waals surface area contributed by atoms with Gasteiger partial charge in [0.25, 0.3) is 0 Å². The van der Waals surface area contributed by atoms with E-state index in [2.05, 4.69) is 37.4 Å².